The van der Waals surface area contributed by atoms with Crippen molar-refractivity contribution in [2.45, 2.75) is 6.42 Å². The SMILES string of the molecule is O=C(Cc1c(F)cccc1F)c1c[nH]c2ccncc12. The number of ketones is 1. The van der Waals surface area contributed by atoms with E-state index < -0.39 is 11.6 Å². The van der Waals surface area contributed by atoms with Crippen LogP contribution < -0.4 is 0 Å². The molecule has 2 heterocycles. The second-order valence-electron chi connectivity index (χ2n) is 4.42. The number of nitrogens with zero attached hydrogens (tertiary/aromatic N) is 1. The lowest BCUT2D eigenvalue weighted by atomic mass is 10.0. The first-order valence-corrected chi connectivity index (χ1v) is 6.04. The number of benzene rings is 1. The summed E-state index contributed by atoms with van der Waals surface area (Å²) in [6, 6.07) is 5.29. The molecule has 0 unspecified atom stereocenters. The van der Waals surface area contributed by atoms with Crippen molar-refractivity contribution in [3.05, 3.63) is 65.6 Å². The molecule has 0 saturated heterocycles. The van der Waals surface area contributed by atoms with E-state index in [1.54, 1.807) is 18.5 Å². The van der Waals surface area contributed by atoms with Crippen LogP contribution >= 0.6 is 0 Å². The Morgan fingerprint density at radius 2 is 1.95 bits per heavy atom. The van der Waals surface area contributed by atoms with E-state index >= 15 is 0 Å². The molecule has 0 aliphatic heterocycles. The molecule has 0 bridgehead atoms. The highest BCUT2D eigenvalue weighted by Crippen LogP contribution is 2.20. The van der Waals surface area contributed by atoms with Gasteiger partial charge in [0.05, 0.1) is 0 Å². The molecule has 0 radical (unpaired) electrons. The molecule has 100 valence electrons. The molecule has 0 amide bonds. The normalized spacial score (nSPS) is 10.9. The van der Waals surface area contributed by atoms with Gasteiger partial charge in [-0.15, -0.1) is 0 Å². The van der Waals surface area contributed by atoms with Gasteiger partial charge in [0, 0.05) is 47.0 Å². The summed E-state index contributed by atoms with van der Waals surface area (Å²) in [7, 11) is 0. The molecule has 0 saturated carbocycles. The molecule has 5 heteroatoms. The highest BCUT2D eigenvalue weighted by Gasteiger charge is 2.17. The van der Waals surface area contributed by atoms with Crippen molar-refractivity contribution in [3.8, 4) is 0 Å². The number of aromatic amines is 1. The van der Waals surface area contributed by atoms with Crippen molar-refractivity contribution in [3.63, 3.8) is 0 Å². The van der Waals surface area contributed by atoms with Gasteiger partial charge in [0.2, 0.25) is 0 Å². The Morgan fingerprint density at radius 1 is 1.20 bits per heavy atom. The molecule has 0 atom stereocenters. The molecule has 1 aromatic carbocycles. The van der Waals surface area contributed by atoms with Crippen molar-refractivity contribution in [1.29, 1.82) is 0 Å². The minimum Gasteiger partial charge on any atom is -0.360 e. The zero-order valence-corrected chi connectivity index (χ0v) is 10.4. The number of rotatable bonds is 3. The van der Waals surface area contributed by atoms with Crippen LogP contribution in [0, 0.1) is 11.6 Å². The Kier molecular flexibility index (Phi) is 3.02. The molecule has 3 nitrogen and oxygen atoms in total. The number of carbonyl (C=O) groups is 1. The van der Waals surface area contributed by atoms with Crippen molar-refractivity contribution < 1.29 is 13.6 Å². The molecule has 0 aliphatic rings. The maximum absolute atomic E-state index is 13.6. The third kappa shape index (κ3) is 2.07. The first-order valence-electron chi connectivity index (χ1n) is 6.04. The van der Waals surface area contributed by atoms with E-state index in [0.29, 0.717) is 10.9 Å². The second-order valence-corrected chi connectivity index (χ2v) is 4.42. The second kappa shape index (κ2) is 4.85. The lowest BCUT2D eigenvalue weighted by molar-refractivity contribution is 0.0992. The van der Waals surface area contributed by atoms with Crippen LogP contribution in [0.4, 0.5) is 8.78 Å². The minimum atomic E-state index is -0.712. The predicted molar refractivity (Wildman–Crippen MR) is 70.5 cm³/mol. The van der Waals surface area contributed by atoms with Crippen molar-refractivity contribution >= 4 is 16.7 Å². The lowest BCUT2D eigenvalue weighted by Crippen LogP contribution is -2.06. The van der Waals surface area contributed by atoms with E-state index in [-0.39, 0.29) is 17.8 Å². The van der Waals surface area contributed by atoms with Gasteiger partial charge in [-0.25, -0.2) is 8.78 Å². The maximum Gasteiger partial charge on any atom is 0.169 e. The van der Waals surface area contributed by atoms with Gasteiger partial charge in [0.15, 0.2) is 5.78 Å². The number of aromatic nitrogens is 2. The molecule has 3 rings (SSSR count). The molecule has 0 fully saturated rings. The van der Waals surface area contributed by atoms with Crippen LogP contribution in [0.3, 0.4) is 0 Å². The number of hydrogen-bond acceptors (Lipinski definition) is 2. The molecule has 3 aromatic rings. The average molecular weight is 272 g/mol. The van der Waals surface area contributed by atoms with E-state index in [2.05, 4.69) is 9.97 Å². The summed E-state index contributed by atoms with van der Waals surface area (Å²) in [4.78, 5) is 19.1. The van der Waals surface area contributed by atoms with Crippen LogP contribution in [0.15, 0.2) is 42.9 Å². The fourth-order valence-corrected chi connectivity index (χ4v) is 2.15. The van der Waals surface area contributed by atoms with Crippen LogP contribution in [0.25, 0.3) is 10.9 Å². The van der Waals surface area contributed by atoms with E-state index in [9.17, 15) is 13.6 Å². The van der Waals surface area contributed by atoms with E-state index in [1.165, 1.54) is 12.3 Å². The summed E-state index contributed by atoms with van der Waals surface area (Å²) in [6.07, 6.45) is 4.37. The standard InChI is InChI=1S/C15H10F2N2O/c16-12-2-1-3-13(17)9(12)6-15(20)11-8-19-14-4-5-18-7-10(11)14/h1-5,7-8,19H,6H2. The number of carbonyl (C=O) groups excluding carboxylic acids is 1. The summed E-state index contributed by atoms with van der Waals surface area (Å²) in [5, 5.41) is 0.647. The highest BCUT2D eigenvalue weighted by atomic mass is 19.1. The molecule has 0 aliphatic carbocycles. The highest BCUT2D eigenvalue weighted by molar-refractivity contribution is 6.08. The van der Waals surface area contributed by atoms with Crippen molar-refractivity contribution in [2.24, 2.45) is 0 Å². The molecule has 2 aromatic heterocycles. The van der Waals surface area contributed by atoms with Gasteiger partial charge in [-0.2, -0.15) is 0 Å². The molecule has 0 spiro atoms. The summed E-state index contributed by atoms with van der Waals surface area (Å²) in [6.45, 7) is 0. The van der Waals surface area contributed by atoms with Crippen LogP contribution in [-0.2, 0) is 6.42 Å². The van der Waals surface area contributed by atoms with Gasteiger partial charge in [0.1, 0.15) is 11.6 Å². The number of nitrogens with one attached hydrogen (secondary N) is 1. The summed E-state index contributed by atoms with van der Waals surface area (Å²) < 4.78 is 27.1. The van der Waals surface area contributed by atoms with Crippen LogP contribution in [-0.4, -0.2) is 15.8 Å². The number of H-pyrrole nitrogens is 1. The van der Waals surface area contributed by atoms with Gasteiger partial charge in [0.25, 0.3) is 0 Å². The van der Waals surface area contributed by atoms with Gasteiger partial charge >= 0.3 is 0 Å². The zero-order valence-electron chi connectivity index (χ0n) is 10.4. The topological polar surface area (TPSA) is 45.8 Å². The quantitative estimate of drug-likeness (QED) is 0.744. The number of Topliss-reactive ketones (excluding diaryl/α,β-unsaturated/α-hetero) is 1. The largest absolute Gasteiger partial charge is 0.360 e. The third-order valence-electron chi connectivity index (χ3n) is 3.18. The minimum absolute atomic E-state index is 0.212. The van der Waals surface area contributed by atoms with E-state index in [0.717, 1.165) is 17.6 Å². The van der Waals surface area contributed by atoms with E-state index in [4.69, 9.17) is 0 Å². The Labute approximate surface area is 113 Å². The maximum atomic E-state index is 13.6. The fraction of sp³-hybridized carbons (Fsp3) is 0.0667. The Bertz CT molecular complexity index is 775. The first kappa shape index (κ1) is 12.5. The predicted octanol–water partition coefficient (Wildman–Crippen LogP) is 3.27. The first-order chi connectivity index (χ1) is 9.66. The third-order valence-corrected chi connectivity index (χ3v) is 3.18. The smallest absolute Gasteiger partial charge is 0.169 e. The van der Waals surface area contributed by atoms with Crippen LogP contribution in [0.5, 0.6) is 0 Å². The van der Waals surface area contributed by atoms with Crippen LogP contribution in [0.1, 0.15) is 15.9 Å². The average Bonchev–Trinajstić information content (AvgIpc) is 2.87. The molecular weight excluding hydrogens is 262 g/mol. The molecule has 1 N–H and O–H groups in total. The molecule has 20 heavy (non-hydrogen) atoms. The Morgan fingerprint density at radius 3 is 2.70 bits per heavy atom. The summed E-state index contributed by atoms with van der Waals surface area (Å²) in [5.74, 6) is -1.78. The van der Waals surface area contributed by atoms with Gasteiger partial charge < -0.3 is 4.98 Å². The van der Waals surface area contributed by atoms with Gasteiger partial charge in [-0.05, 0) is 18.2 Å². The van der Waals surface area contributed by atoms with Gasteiger partial charge in [-0.1, -0.05) is 6.07 Å². The Hall–Kier alpha value is -2.56. The molecular formula is C15H10F2N2O. The zero-order chi connectivity index (χ0) is 14.1. The van der Waals surface area contributed by atoms with Gasteiger partial charge in [-0.3, -0.25) is 9.78 Å². The number of halogens is 2. The van der Waals surface area contributed by atoms with Crippen molar-refractivity contribution in [2.75, 3.05) is 0 Å². The number of hydrogen-bond donors (Lipinski definition) is 1. The lowest BCUT2D eigenvalue weighted by Gasteiger charge is -2.03. The van der Waals surface area contributed by atoms with Crippen LogP contribution in [0.2, 0.25) is 0 Å². The number of pyridine rings is 1. The Balaban J connectivity index is 1.98. The summed E-state index contributed by atoms with van der Waals surface area (Å²) >= 11 is 0. The monoisotopic (exact) mass is 272 g/mol. The number of fused-ring (bicyclic) bond motifs is 1. The van der Waals surface area contributed by atoms with Crippen molar-refractivity contribution in [1.82, 2.24) is 9.97 Å². The summed E-state index contributed by atoms with van der Waals surface area (Å²) in [5.41, 5.74) is 0.934. The van der Waals surface area contributed by atoms with E-state index in [1.807, 2.05) is 0 Å². The fourth-order valence-electron chi connectivity index (χ4n) is 2.15.